The van der Waals surface area contributed by atoms with Gasteiger partial charge in [-0.3, -0.25) is 9.13 Å². The van der Waals surface area contributed by atoms with Gasteiger partial charge in [-0.15, -0.1) is 0 Å². The Bertz CT molecular complexity index is 590. The van der Waals surface area contributed by atoms with Gasteiger partial charge in [-0.05, 0) is 20.8 Å². The van der Waals surface area contributed by atoms with E-state index in [0.717, 1.165) is 22.3 Å². The molecule has 0 unspecified atom stereocenters. The van der Waals surface area contributed by atoms with E-state index >= 15 is 0 Å². The van der Waals surface area contributed by atoms with Crippen molar-refractivity contribution in [1.29, 1.82) is 0 Å². The van der Waals surface area contributed by atoms with Crippen LogP contribution in [0, 0.1) is 20.8 Å². The van der Waals surface area contributed by atoms with E-state index in [1.165, 1.54) is 5.56 Å². The fraction of sp³-hybridized carbons (Fsp3) is 0.357. The maximum Gasteiger partial charge on any atom is 0.306 e. The van der Waals surface area contributed by atoms with Crippen LogP contribution >= 0.6 is 22.9 Å². The zero-order valence-electron chi connectivity index (χ0n) is 12.0. The monoisotopic (exact) mass is 296 g/mol. The summed E-state index contributed by atoms with van der Waals surface area (Å²) in [7, 11) is 3.94. The standard InChI is InChI=1S/C14H19BCl2N2/c1-10-8-11(2)13(12(3)9-10)15(16,17)14-18(4)6-7-19(14)5/h6-9H,1-5H3. The summed E-state index contributed by atoms with van der Waals surface area (Å²) < 4.78 is 3.97. The zero-order chi connectivity index (χ0) is 14.4. The first-order valence-electron chi connectivity index (χ1n) is 6.36. The van der Waals surface area contributed by atoms with Gasteiger partial charge in [0.05, 0.1) is 14.1 Å². The van der Waals surface area contributed by atoms with Crippen LogP contribution in [0.1, 0.15) is 16.7 Å². The fourth-order valence-electron chi connectivity index (χ4n) is 3.01. The molecule has 0 aliphatic rings. The molecule has 0 radical (unpaired) electrons. The Morgan fingerprint density at radius 2 is 1.63 bits per heavy atom. The summed E-state index contributed by atoms with van der Waals surface area (Å²) in [6.07, 6.45) is 3.94. The topological polar surface area (TPSA) is 8.81 Å². The van der Waals surface area contributed by atoms with Crippen LogP contribution < -0.4 is 15.8 Å². The molecule has 5 heteroatoms. The van der Waals surface area contributed by atoms with Crippen LogP contribution in [-0.2, 0) is 14.1 Å². The van der Waals surface area contributed by atoms with Crippen LogP contribution in [0.2, 0.25) is 0 Å². The van der Waals surface area contributed by atoms with Crippen molar-refractivity contribution in [3.63, 3.8) is 0 Å². The summed E-state index contributed by atoms with van der Waals surface area (Å²) in [6, 6.07) is 4.26. The van der Waals surface area contributed by atoms with Gasteiger partial charge in [0.25, 0.3) is 0 Å². The first-order chi connectivity index (χ1) is 8.75. The molecular weight excluding hydrogens is 278 g/mol. The second kappa shape index (κ2) is 4.88. The van der Waals surface area contributed by atoms with Gasteiger partial charge in [0.2, 0.25) is 0 Å². The Hall–Kier alpha value is -0.925. The summed E-state index contributed by atoms with van der Waals surface area (Å²) in [5.41, 5.74) is 5.46. The third-order valence-electron chi connectivity index (χ3n) is 3.66. The largest absolute Gasteiger partial charge is 0.348 e. The minimum absolute atomic E-state index is 0.915. The minimum Gasteiger partial charge on any atom is -0.348 e. The summed E-state index contributed by atoms with van der Waals surface area (Å²) in [4.78, 5) is -1.81. The van der Waals surface area contributed by atoms with Gasteiger partial charge in [0.1, 0.15) is 18.1 Å². The van der Waals surface area contributed by atoms with E-state index in [9.17, 15) is 0 Å². The van der Waals surface area contributed by atoms with Crippen LogP contribution in [0.25, 0.3) is 0 Å². The lowest BCUT2D eigenvalue weighted by Crippen LogP contribution is -2.65. The zero-order valence-corrected chi connectivity index (χ0v) is 13.5. The van der Waals surface area contributed by atoms with Crippen molar-refractivity contribution >= 4 is 39.1 Å². The van der Waals surface area contributed by atoms with Crippen molar-refractivity contribution in [1.82, 2.24) is 4.57 Å². The van der Waals surface area contributed by atoms with Gasteiger partial charge >= 0.3 is 4.98 Å². The number of aromatic nitrogens is 2. The Labute approximate surface area is 124 Å². The van der Waals surface area contributed by atoms with Crippen LogP contribution in [0.4, 0.5) is 0 Å². The van der Waals surface area contributed by atoms with Gasteiger partial charge in [-0.2, -0.15) is 5.46 Å². The normalized spacial score (nSPS) is 11.9. The predicted octanol–water partition coefficient (Wildman–Crippen LogP) is 1.81. The van der Waals surface area contributed by atoms with Gasteiger partial charge < -0.3 is 22.9 Å². The molecule has 0 spiro atoms. The molecule has 0 fully saturated rings. The molecular formula is C14H19BCl2N2. The number of hydrogen-bond donors (Lipinski definition) is 0. The number of halogens is 2. The average Bonchev–Trinajstić information content (AvgIpc) is 2.56. The minimum atomic E-state index is -1.81. The van der Waals surface area contributed by atoms with Crippen molar-refractivity contribution in [3.8, 4) is 0 Å². The predicted molar refractivity (Wildman–Crippen MR) is 84.0 cm³/mol. The van der Waals surface area contributed by atoms with E-state index < -0.39 is 4.98 Å². The molecule has 0 N–H and O–H groups in total. The highest BCUT2D eigenvalue weighted by Gasteiger charge is 2.35. The number of imidazole rings is 1. The summed E-state index contributed by atoms with van der Waals surface area (Å²) in [6.45, 7) is 6.22. The molecule has 2 rings (SSSR count). The van der Waals surface area contributed by atoms with Crippen LogP contribution in [0.5, 0.6) is 0 Å². The lowest BCUT2D eigenvalue weighted by atomic mass is 9.61. The highest BCUT2D eigenvalue weighted by Crippen LogP contribution is 2.19. The second-order valence-electron chi connectivity index (χ2n) is 5.35. The molecule has 0 bridgehead atoms. The van der Waals surface area contributed by atoms with Crippen LogP contribution in [0.3, 0.4) is 0 Å². The van der Waals surface area contributed by atoms with Crippen molar-refractivity contribution in [2.24, 2.45) is 14.1 Å². The van der Waals surface area contributed by atoms with Crippen molar-refractivity contribution in [2.75, 3.05) is 0 Å². The van der Waals surface area contributed by atoms with Crippen LogP contribution in [-0.4, -0.2) is 9.54 Å². The summed E-state index contributed by atoms with van der Waals surface area (Å²) >= 11 is 13.6. The SMILES string of the molecule is Cc1cc(C)c([B-](Cl)(Cl)c2n(C)cc[n+]2C)c(C)c1. The third-order valence-corrected chi connectivity index (χ3v) is 4.49. The van der Waals surface area contributed by atoms with E-state index in [1.807, 2.05) is 35.6 Å². The van der Waals surface area contributed by atoms with Gasteiger partial charge in [-0.25, -0.2) is 0 Å². The molecule has 0 amide bonds. The average molecular weight is 297 g/mol. The highest BCUT2D eigenvalue weighted by atomic mass is 35.5. The lowest BCUT2D eigenvalue weighted by molar-refractivity contribution is -0.653. The smallest absolute Gasteiger partial charge is 0.306 e. The maximum absolute atomic E-state index is 6.79. The molecule has 0 atom stereocenters. The number of benzene rings is 1. The van der Waals surface area contributed by atoms with E-state index in [-0.39, 0.29) is 0 Å². The summed E-state index contributed by atoms with van der Waals surface area (Å²) in [5.74, 6) is 0. The van der Waals surface area contributed by atoms with Crippen LogP contribution in [0.15, 0.2) is 24.5 Å². The van der Waals surface area contributed by atoms with Gasteiger partial charge in [0, 0.05) is 0 Å². The molecule has 0 saturated heterocycles. The molecule has 0 saturated carbocycles. The molecule has 102 valence electrons. The first-order valence-corrected chi connectivity index (χ1v) is 7.23. The molecule has 2 aromatic rings. The van der Waals surface area contributed by atoms with E-state index in [2.05, 4.69) is 32.9 Å². The van der Waals surface area contributed by atoms with E-state index in [0.29, 0.717) is 0 Å². The molecule has 1 aromatic heterocycles. The summed E-state index contributed by atoms with van der Waals surface area (Å²) in [5, 5.41) is 0. The number of rotatable bonds is 2. The lowest BCUT2D eigenvalue weighted by Gasteiger charge is -2.29. The number of aryl methyl sites for hydroxylation is 5. The first kappa shape index (κ1) is 14.5. The van der Waals surface area contributed by atoms with Crippen molar-refractivity contribution < 1.29 is 4.57 Å². The second-order valence-corrected chi connectivity index (χ2v) is 6.89. The number of nitrogens with zero attached hydrogens (tertiary/aromatic N) is 2. The van der Waals surface area contributed by atoms with Crippen molar-refractivity contribution in [3.05, 3.63) is 41.2 Å². The molecule has 1 aromatic carbocycles. The Balaban J connectivity index is 2.70. The Morgan fingerprint density at radius 1 is 1.11 bits per heavy atom. The van der Waals surface area contributed by atoms with E-state index in [1.54, 1.807) is 0 Å². The van der Waals surface area contributed by atoms with E-state index in [4.69, 9.17) is 22.9 Å². The van der Waals surface area contributed by atoms with Gasteiger partial charge in [-0.1, -0.05) is 28.8 Å². The van der Waals surface area contributed by atoms with Crippen molar-refractivity contribution in [2.45, 2.75) is 20.8 Å². The quantitative estimate of drug-likeness (QED) is 0.590. The fourth-order valence-corrected chi connectivity index (χ4v) is 4.31. The van der Waals surface area contributed by atoms with Gasteiger partial charge in [0.15, 0.2) is 0 Å². The molecule has 2 nitrogen and oxygen atoms in total. The highest BCUT2D eigenvalue weighted by molar-refractivity contribution is 7.55. The molecule has 1 heterocycles. The Morgan fingerprint density at radius 3 is 2.05 bits per heavy atom. The third kappa shape index (κ3) is 2.42. The maximum atomic E-state index is 6.79. The molecule has 0 aliphatic carbocycles. The number of hydrogen-bond acceptors (Lipinski definition) is 0. The Kier molecular flexibility index (Phi) is 3.72. The molecule has 19 heavy (non-hydrogen) atoms. The molecule has 0 aliphatic heterocycles.